The van der Waals surface area contributed by atoms with Gasteiger partial charge in [-0.3, -0.25) is 14.4 Å². The summed E-state index contributed by atoms with van der Waals surface area (Å²) in [6.07, 6.45) is 0. The number of phenolic OH excluding ortho intramolecular Hbond substituents is 3. The van der Waals surface area contributed by atoms with E-state index in [0.29, 0.717) is 17.5 Å². The minimum Gasteiger partial charge on any atom is -0.508 e. The number of phenols is 3. The first-order valence-electron chi connectivity index (χ1n) is 10.6. The van der Waals surface area contributed by atoms with Gasteiger partial charge in [-0.25, -0.2) is 15.0 Å². The first-order chi connectivity index (χ1) is 16.7. The molecule has 0 bridgehead atoms. The number of aromatic hydroxyl groups is 3. The molecule has 0 fully saturated rings. The van der Waals surface area contributed by atoms with Crippen LogP contribution in [-0.2, 0) is 0 Å². The van der Waals surface area contributed by atoms with Gasteiger partial charge in [-0.15, -0.1) is 0 Å². The molecule has 36 heavy (non-hydrogen) atoms. The lowest BCUT2D eigenvalue weighted by molar-refractivity contribution is 0.428. The van der Waals surface area contributed by atoms with Crippen LogP contribution in [0.15, 0.2) is 50.8 Å². The van der Waals surface area contributed by atoms with Crippen molar-refractivity contribution in [3.05, 3.63) is 102 Å². The molecular formula is C24H30N6O6. The molecule has 6 N–H and O–H groups in total. The highest BCUT2D eigenvalue weighted by Gasteiger charge is 1.94. The fraction of sp³-hybridized carbons (Fsp3) is 0.250. The summed E-state index contributed by atoms with van der Waals surface area (Å²) in [7, 11) is 0. The van der Waals surface area contributed by atoms with Gasteiger partial charge in [-0.05, 0) is 41.5 Å². The van der Waals surface area contributed by atoms with Gasteiger partial charge >= 0.3 is 0 Å². The number of aromatic amines is 3. The van der Waals surface area contributed by atoms with Crippen molar-refractivity contribution in [3.63, 3.8) is 0 Å². The van der Waals surface area contributed by atoms with Crippen molar-refractivity contribution in [2.75, 3.05) is 0 Å². The number of aromatic nitrogens is 6. The number of nitrogens with one attached hydrogen (secondary N) is 3. The number of rotatable bonds is 0. The van der Waals surface area contributed by atoms with Gasteiger partial charge in [0.2, 0.25) is 0 Å². The molecule has 0 atom stereocenters. The Morgan fingerprint density at radius 3 is 0.861 bits per heavy atom. The third kappa shape index (κ3) is 12.5. The van der Waals surface area contributed by atoms with Crippen molar-refractivity contribution in [2.24, 2.45) is 0 Å². The van der Waals surface area contributed by atoms with Gasteiger partial charge < -0.3 is 30.3 Å². The van der Waals surface area contributed by atoms with E-state index < -0.39 is 0 Å². The van der Waals surface area contributed by atoms with Gasteiger partial charge in [-0.2, -0.15) is 0 Å². The largest absolute Gasteiger partial charge is 0.508 e. The summed E-state index contributed by atoms with van der Waals surface area (Å²) in [4.78, 5) is 51.4. The maximum atomic E-state index is 10.6. The molecule has 12 nitrogen and oxygen atoms in total. The monoisotopic (exact) mass is 498 g/mol. The third-order valence-corrected chi connectivity index (χ3v) is 3.85. The minimum atomic E-state index is -0.146. The van der Waals surface area contributed by atoms with Crippen LogP contribution < -0.4 is 16.7 Å². The molecule has 4 rings (SSSR count). The topological polar surface area (TPSA) is 198 Å². The highest BCUT2D eigenvalue weighted by molar-refractivity contribution is 5.39. The van der Waals surface area contributed by atoms with Crippen LogP contribution in [0.1, 0.15) is 34.6 Å². The molecule has 0 aliphatic heterocycles. The second-order valence-electron chi connectivity index (χ2n) is 7.62. The van der Waals surface area contributed by atoms with E-state index in [2.05, 4.69) is 29.9 Å². The van der Waals surface area contributed by atoms with E-state index in [0.717, 1.165) is 35.3 Å². The molecule has 192 valence electrons. The Morgan fingerprint density at radius 2 is 0.694 bits per heavy atom. The van der Waals surface area contributed by atoms with Crippen LogP contribution in [0.3, 0.4) is 0 Å². The molecule has 0 saturated heterocycles. The molecule has 3 heterocycles. The first-order valence-corrected chi connectivity index (χ1v) is 10.6. The van der Waals surface area contributed by atoms with Crippen molar-refractivity contribution in [1.82, 2.24) is 29.9 Å². The predicted octanol–water partition coefficient (Wildman–Crippen LogP) is 1.96. The van der Waals surface area contributed by atoms with Crippen LogP contribution in [0.4, 0.5) is 0 Å². The number of nitrogens with zero attached hydrogens (tertiary/aromatic N) is 3. The zero-order chi connectivity index (χ0) is 27.4. The fourth-order valence-corrected chi connectivity index (χ4v) is 2.77. The van der Waals surface area contributed by atoms with E-state index in [-0.39, 0.29) is 33.9 Å². The second-order valence-corrected chi connectivity index (χ2v) is 7.62. The van der Waals surface area contributed by atoms with E-state index in [1.54, 1.807) is 41.5 Å². The summed E-state index contributed by atoms with van der Waals surface area (Å²) in [6, 6.07) is 7.81. The molecule has 0 amide bonds. The van der Waals surface area contributed by atoms with Crippen LogP contribution in [0.5, 0.6) is 17.2 Å². The quantitative estimate of drug-likeness (QED) is 0.210. The Balaban J connectivity index is 0.000000240. The average Bonchev–Trinajstić information content (AvgIpc) is 2.64. The summed E-state index contributed by atoms with van der Waals surface area (Å²) in [6.45, 7) is 10.7. The van der Waals surface area contributed by atoms with Crippen molar-refractivity contribution < 1.29 is 15.3 Å². The molecule has 0 aliphatic carbocycles. The number of hydrogen-bond acceptors (Lipinski definition) is 9. The van der Waals surface area contributed by atoms with Gasteiger partial charge in [0.15, 0.2) is 0 Å². The van der Waals surface area contributed by atoms with Gasteiger partial charge in [0.25, 0.3) is 16.7 Å². The van der Waals surface area contributed by atoms with E-state index in [4.69, 9.17) is 15.3 Å². The lowest BCUT2D eigenvalue weighted by Gasteiger charge is -1.94. The molecule has 3 aromatic heterocycles. The van der Waals surface area contributed by atoms with E-state index in [9.17, 15) is 14.4 Å². The van der Waals surface area contributed by atoms with Gasteiger partial charge in [-0.1, -0.05) is 0 Å². The summed E-state index contributed by atoms with van der Waals surface area (Å²) >= 11 is 0. The van der Waals surface area contributed by atoms with Gasteiger partial charge in [0, 0.05) is 53.5 Å². The van der Waals surface area contributed by atoms with Crippen molar-refractivity contribution in [1.29, 1.82) is 0 Å². The zero-order valence-corrected chi connectivity index (χ0v) is 20.9. The molecule has 12 heteroatoms. The smallest absolute Gasteiger partial charge is 0.251 e. The average molecular weight is 499 g/mol. The normalized spacial score (nSPS) is 9.50. The maximum Gasteiger partial charge on any atom is 0.251 e. The van der Waals surface area contributed by atoms with Crippen LogP contribution in [-0.4, -0.2) is 45.2 Å². The standard InChI is InChI=1S/3C6H8N2O.C6H6O3/c3*1-4-3-6(9)8-5(2)7-4;7-4-1-5(8)3-6(9)2-4/h3*3H,1-2H3,(H,7,8,9);1-3,7-9H. The highest BCUT2D eigenvalue weighted by Crippen LogP contribution is 2.23. The number of H-pyrrole nitrogens is 3. The second kappa shape index (κ2) is 13.8. The van der Waals surface area contributed by atoms with Gasteiger partial charge in [0.1, 0.15) is 34.7 Å². The number of aryl methyl sites for hydroxylation is 6. The molecular weight excluding hydrogens is 468 g/mol. The Morgan fingerprint density at radius 1 is 0.472 bits per heavy atom. The summed E-state index contributed by atoms with van der Waals surface area (Å²) < 4.78 is 0. The van der Waals surface area contributed by atoms with Gasteiger partial charge in [0.05, 0.1) is 0 Å². The van der Waals surface area contributed by atoms with Crippen LogP contribution in [0.2, 0.25) is 0 Å². The van der Waals surface area contributed by atoms with Crippen molar-refractivity contribution in [2.45, 2.75) is 41.5 Å². The van der Waals surface area contributed by atoms with Crippen molar-refractivity contribution >= 4 is 0 Å². The van der Waals surface area contributed by atoms with Crippen LogP contribution >= 0.6 is 0 Å². The highest BCUT2D eigenvalue weighted by atomic mass is 16.3. The Hall–Kier alpha value is -4.74. The SMILES string of the molecule is Cc1cc(=O)[nH]c(C)n1.Cc1cc(=O)[nH]c(C)n1.Cc1cc(=O)[nH]c(C)n1.Oc1cc(O)cc(O)c1. The number of hydrogen-bond donors (Lipinski definition) is 6. The van der Waals surface area contributed by atoms with Crippen LogP contribution in [0.25, 0.3) is 0 Å². The van der Waals surface area contributed by atoms with E-state index in [1.807, 2.05) is 0 Å². The fourth-order valence-electron chi connectivity index (χ4n) is 2.77. The molecule has 0 spiro atoms. The summed E-state index contributed by atoms with van der Waals surface area (Å²) in [5, 5.41) is 26.0. The molecule has 1 aromatic carbocycles. The molecule has 4 aromatic rings. The lowest BCUT2D eigenvalue weighted by atomic mass is 10.3. The molecule has 0 unspecified atom stereocenters. The molecule has 0 saturated carbocycles. The Kier molecular flexibility index (Phi) is 11.3. The third-order valence-electron chi connectivity index (χ3n) is 3.85. The number of benzene rings is 1. The van der Waals surface area contributed by atoms with E-state index in [1.165, 1.54) is 18.2 Å². The summed E-state index contributed by atoms with van der Waals surface area (Å²) in [5.74, 6) is 1.56. The summed E-state index contributed by atoms with van der Waals surface area (Å²) in [5.41, 5.74) is 2.03. The Bertz CT molecular complexity index is 1200. The minimum absolute atomic E-state index is 0.0833. The lowest BCUT2D eigenvalue weighted by Crippen LogP contribution is -2.08. The maximum absolute atomic E-state index is 10.6. The zero-order valence-electron chi connectivity index (χ0n) is 20.9. The molecule has 0 radical (unpaired) electrons. The Labute approximate surface area is 206 Å². The van der Waals surface area contributed by atoms with E-state index >= 15 is 0 Å². The van der Waals surface area contributed by atoms with Crippen molar-refractivity contribution in [3.8, 4) is 17.2 Å². The van der Waals surface area contributed by atoms with Crippen LogP contribution in [0, 0.1) is 41.5 Å². The molecule has 0 aliphatic rings. The first kappa shape index (κ1) is 29.3. The predicted molar refractivity (Wildman–Crippen MR) is 134 cm³/mol.